The van der Waals surface area contributed by atoms with Gasteiger partial charge in [-0.05, 0) is 31.2 Å². The summed E-state index contributed by atoms with van der Waals surface area (Å²) < 4.78 is 0. The second kappa shape index (κ2) is 5.87. The van der Waals surface area contributed by atoms with Gasteiger partial charge < -0.3 is 10.2 Å². The second-order valence-corrected chi connectivity index (χ2v) is 3.97. The van der Waals surface area contributed by atoms with Gasteiger partial charge in [-0.15, -0.1) is 0 Å². The fourth-order valence-electron chi connectivity index (χ4n) is 1.94. The van der Waals surface area contributed by atoms with E-state index in [4.69, 9.17) is 15.2 Å². The molecule has 2 rings (SSSR count). The molecule has 6 heteroatoms. The zero-order valence-electron chi connectivity index (χ0n) is 9.99. The summed E-state index contributed by atoms with van der Waals surface area (Å²) in [5.41, 5.74) is 1.16. The lowest BCUT2D eigenvalue weighted by molar-refractivity contribution is -0.134. The monoisotopic (exact) mass is 250 g/mol. The number of carboxylic acids is 1. The van der Waals surface area contributed by atoms with Gasteiger partial charge in [-0.2, -0.15) is 5.26 Å². The van der Waals surface area contributed by atoms with Gasteiger partial charge in [0.25, 0.3) is 11.5 Å². The number of aliphatic carboxylic acids is 1. The number of aromatic nitrogens is 1. The third-order valence-electron chi connectivity index (χ3n) is 2.63. The van der Waals surface area contributed by atoms with Crippen LogP contribution in [0.3, 0.4) is 0 Å². The Balaban J connectivity index is 0.000000357. The molecule has 0 aliphatic heterocycles. The molecule has 6 nitrogen and oxygen atoms in total. The predicted octanol–water partition coefficient (Wildman–Crippen LogP) is 0.922. The van der Waals surface area contributed by atoms with Gasteiger partial charge >= 0.3 is 0 Å². The summed E-state index contributed by atoms with van der Waals surface area (Å²) in [6, 6.07) is 1.90. The summed E-state index contributed by atoms with van der Waals surface area (Å²) in [5, 5.41) is 25.7. The Labute approximate surface area is 104 Å². The number of carboxylic acid groups (broad SMARTS) is 1. The van der Waals surface area contributed by atoms with Gasteiger partial charge in [0.2, 0.25) is 0 Å². The number of hydrogen-bond acceptors (Lipinski definition) is 4. The Kier molecular flexibility index (Phi) is 4.49. The maximum Gasteiger partial charge on any atom is 0.300 e. The topological polar surface area (TPSA) is 114 Å². The molecule has 3 N–H and O–H groups in total. The first-order valence-corrected chi connectivity index (χ1v) is 5.54. The normalized spacial score (nSPS) is 12.7. The molecule has 1 aliphatic carbocycles. The minimum absolute atomic E-state index is 0.0660. The van der Waals surface area contributed by atoms with Crippen LogP contribution in [0, 0.1) is 11.3 Å². The minimum atomic E-state index is -0.833. The maximum absolute atomic E-state index is 11.3. The first kappa shape index (κ1) is 13.8. The van der Waals surface area contributed by atoms with Gasteiger partial charge in [-0.3, -0.25) is 14.6 Å². The fraction of sp³-hybridized carbons (Fsp3) is 0.417. The SMILES string of the molecule is CC(=O)O.N#Cc1c2c(c(O)[nH]c1=O)CCCC2. The number of nitrogens with zero attached hydrogens (tertiary/aromatic N) is 1. The van der Waals surface area contributed by atoms with Crippen LogP contribution < -0.4 is 5.56 Å². The van der Waals surface area contributed by atoms with Crippen molar-refractivity contribution in [3.63, 3.8) is 0 Å². The van der Waals surface area contributed by atoms with Crippen LogP contribution in [0.4, 0.5) is 0 Å². The molecule has 0 amide bonds. The number of H-pyrrole nitrogens is 1. The number of nitriles is 1. The van der Waals surface area contributed by atoms with Crippen LogP contribution in [-0.4, -0.2) is 21.2 Å². The summed E-state index contributed by atoms with van der Waals surface area (Å²) >= 11 is 0. The van der Waals surface area contributed by atoms with E-state index < -0.39 is 11.5 Å². The molecule has 0 aromatic carbocycles. The van der Waals surface area contributed by atoms with E-state index in [1.165, 1.54) is 0 Å². The van der Waals surface area contributed by atoms with Crippen LogP contribution in [0.1, 0.15) is 36.5 Å². The molecule has 0 bridgehead atoms. The van der Waals surface area contributed by atoms with E-state index in [0.29, 0.717) is 0 Å². The molecule has 1 aromatic heterocycles. The summed E-state index contributed by atoms with van der Waals surface area (Å²) in [7, 11) is 0. The smallest absolute Gasteiger partial charge is 0.300 e. The zero-order chi connectivity index (χ0) is 13.7. The molecule has 0 fully saturated rings. The maximum atomic E-state index is 11.3. The van der Waals surface area contributed by atoms with Crippen LogP contribution in [0.5, 0.6) is 5.88 Å². The largest absolute Gasteiger partial charge is 0.494 e. The van der Waals surface area contributed by atoms with Gasteiger partial charge in [0.05, 0.1) is 0 Å². The highest BCUT2D eigenvalue weighted by Gasteiger charge is 2.19. The van der Waals surface area contributed by atoms with Crippen molar-refractivity contribution in [2.45, 2.75) is 32.6 Å². The van der Waals surface area contributed by atoms with Crippen molar-refractivity contribution >= 4 is 5.97 Å². The Morgan fingerprint density at radius 3 is 2.33 bits per heavy atom. The van der Waals surface area contributed by atoms with Crippen LogP contribution in [0.2, 0.25) is 0 Å². The number of fused-ring (bicyclic) bond motifs is 1. The van der Waals surface area contributed by atoms with E-state index in [-0.39, 0.29) is 11.4 Å². The number of nitrogens with one attached hydrogen (secondary N) is 1. The predicted molar refractivity (Wildman–Crippen MR) is 63.4 cm³/mol. The van der Waals surface area contributed by atoms with Crippen molar-refractivity contribution in [1.29, 1.82) is 5.26 Å². The van der Waals surface area contributed by atoms with Crippen molar-refractivity contribution in [1.82, 2.24) is 4.98 Å². The van der Waals surface area contributed by atoms with Crippen LogP contribution >= 0.6 is 0 Å². The Morgan fingerprint density at radius 2 is 1.83 bits per heavy atom. The summed E-state index contributed by atoms with van der Waals surface area (Å²) in [4.78, 5) is 22.6. The number of hydrogen-bond donors (Lipinski definition) is 3. The Bertz CT molecular complexity index is 550. The molecule has 0 saturated heterocycles. The molecular weight excluding hydrogens is 236 g/mol. The number of pyridine rings is 1. The minimum Gasteiger partial charge on any atom is -0.494 e. The highest BCUT2D eigenvalue weighted by molar-refractivity contribution is 5.62. The summed E-state index contributed by atoms with van der Waals surface area (Å²) in [6.07, 6.45) is 3.43. The second-order valence-electron chi connectivity index (χ2n) is 3.97. The van der Waals surface area contributed by atoms with Gasteiger partial charge in [-0.25, -0.2) is 0 Å². The lowest BCUT2D eigenvalue weighted by Crippen LogP contribution is -2.18. The van der Waals surface area contributed by atoms with Gasteiger partial charge in [0.1, 0.15) is 11.6 Å². The highest BCUT2D eigenvalue weighted by Crippen LogP contribution is 2.27. The van der Waals surface area contributed by atoms with Crippen molar-refractivity contribution in [2.24, 2.45) is 0 Å². The molecule has 0 spiro atoms. The summed E-state index contributed by atoms with van der Waals surface area (Å²) in [6.45, 7) is 1.08. The number of carbonyl (C=O) groups is 1. The highest BCUT2D eigenvalue weighted by atomic mass is 16.4. The van der Waals surface area contributed by atoms with E-state index in [1.54, 1.807) is 0 Å². The Hall–Kier alpha value is -2.29. The van der Waals surface area contributed by atoms with Crippen LogP contribution in [0.25, 0.3) is 0 Å². The van der Waals surface area contributed by atoms with E-state index in [0.717, 1.165) is 43.7 Å². The van der Waals surface area contributed by atoms with E-state index in [9.17, 15) is 9.90 Å². The third-order valence-corrected chi connectivity index (χ3v) is 2.63. The fourth-order valence-corrected chi connectivity index (χ4v) is 1.94. The Morgan fingerprint density at radius 1 is 1.33 bits per heavy atom. The number of aromatic hydroxyl groups is 1. The average Bonchev–Trinajstić information content (AvgIpc) is 2.29. The number of aromatic amines is 1. The quantitative estimate of drug-likeness (QED) is 0.633. The average molecular weight is 250 g/mol. The first-order chi connectivity index (χ1) is 8.47. The molecule has 0 unspecified atom stereocenters. The zero-order valence-corrected chi connectivity index (χ0v) is 9.99. The van der Waals surface area contributed by atoms with Crippen molar-refractivity contribution < 1.29 is 15.0 Å². The van der Waals surface area contributed by atoms with Gasteiger partial charge in [-0.1, -0.05) is 0 Å². The lowest BCUT2D eigenvalue weighted by Gasteiger charge is -2.16. The van der Waals surface area contributed by atoms with E-state index in [2.05, 4.69) is 4.98 Å². The van der Waals surface area contributed by atoms with Crippen LogP contribution in [-0.2, 0) is 17.6 Å². The third kappa shape index (κ3) is 3.10. The molecule has 1 heterocycles. The summed E-state index contributed by atoms with van der Waals surface area (Å²) in [5.74, 6) is -0.899. The van der Waals surface area contributed by atoms with Crippen molar-refractivity contribution in [3.05, 3.63) is 27.0 Å². The van der Waals surface area contributed by atoms with Gasteiger partial charge in [0, 0.05) is 12.5 Å². The van der Waals surface area contributed by atoms with E-state index >= 15 is 0 Å². The standard InChI is InChI=1S/C10H10N2O2.C2H4O2/c11-5-8-6-3-1-2-4-7(6)9(13)12-10(8)14;1-2(3)4/h1-4H2,(H2,12,13,14);1H3,(H,3,4). The van der Waals surface area contributed by atoms with Crippen molar-refractivity contribution in [3.8, 4) is 11.9 Å². The molecule has 1 aromatic rings. The molecule has 0 saturated carbocycles. The molecule has 18 heavy (non-hydrogen) atoms. The number of rotatable bonds is 0. The first-order valence-electron chi connectivity index (χ1n) is 5.54. The molecule has 96 valence electrons. The lowest BCUT2D eigenvalue weighted by atomic mass is 9.90. The van der Waals surface area contributed by atoms with E-state index in [1.807, 2.05) is 6.07 Å². The van der Waals surface area contributed by atoms with Gasteiger partial charge in [0.15, 0.2) is 5.88 Å². The molecular formula is C12H14N2O4. The van der Waals surface area contributed by atoms with Crippen molar-refractivity contribution in [2.75, 3.05) is 0 Å². The molecule has 0 radical (unpaired) electrons. The molecule has 1 aliphatic rings. The van der Waals surface area contributed by atoms with Crippen LogP contribution in [0.15, 0.2) is 4.79 Å². The molecule has 0 atom stereocenters.